The first-order valence-corrected chi connectivity index (χ1v) is 8.46. The van der Waals surface area contributed by atoms with E-state index in [9.17, 15) is 14.4 Å². The minimum Gasteiger partial charge on any atom is -0.459 e. The molecule has 0 saturated carbocycles. The lowest BCUT2D eigenvalue weighted by atomic mass is 10.2. The van der Waals surface area contributed by atoms with E-state index in [1.54, 1.807) is 29.0 Å². The van der Waals surface area contributed by atoms with Gasteiger partial charge in [-0.2, -0.15) is 0 Å². The molecule has 1 atom stereocenters. The smallest absolute Gasteiger partial charge is 0.290 e. The van der Waals surface area contributed by atoms with Crippen molar-refractivity contribution in [2.24, 2.45) is 0 Å². The van der Waals surface area contributed by atoms with Crippen molar-refractivity contribution >= 4 is 17.5 Å². The Morgan fingerprint density at radius 3 is 2.88 bits per heavy atom. The van der Waals surface area contributed by atoms with E-state index in [-0.39, 0.29) is 23.1 Å². The Morgan fingerprint density at radius 1 is 1.32 bits per heavy atom. The molecule has 132 valence electrons. The van der Waals surface area contributed by atoms with Crippen LogP contribution in [0.3, 0.4) is 0 Å². The number of hydrogen-bond acceptors (Lipinski definition) is 4. The van der Waals surface area contributed by atoms with Crippen molar-refractivity contribution in [3.05, 3.63) is 52.8 Å². The van der Waals surface area contributed by atoms with Crippen LogP contribution in [0.4, 0.5) is 5.69 Å². The number of anilines is 1. The van der Waals surface area contributed by atoms with E-state index in [0.29, 0.717) is 25.2 Å². The molecular formula is C18H21N3O4. The van der Waals surface area contributed by atoms with Gasteiger partial charge in [-0.3, -0.25) is 14.4 Å². The average Bonchev–Trinajstić information content (AvgIpc) is 3.29. The van der Waals surface area contributed by atoms with Crippen molar-refractivity contribution in [1.82, 2.24) is 9.47 Å². The molecule has 1 aliphatic heterocycles. The molecule has 3 rings (SSSR count). The SMILES string of the molecule is CCCn1cc(NC(=O)[C@@H]2CCCN2C(=O)c2ccco2)ccc1=O. The van der Waals surface area contributed by atoms with E-state index in [4.69, 9.17) is 4.42 Å². The Morgan fingerprint density at radius 2 is 2.16 bits per heavy atom. The summed E-state index contributed by atoms with van der Waals surface area (Å²) >= 11 is 0. The third-order valence-corrected chi connectivity index (χ3v) is 4.26. The monoisotopic (exact) mass is 343 g/mol. The van der Waals surface area contributed by atoms with E-state index in [1.807, 2.05) is 6.92 Å². The van der Waals surface area contributed by atoms with Gasteiger partial charge in [0.1, 0.15) is 6.04 Å². The average molecular weight is 343 g/mol. The molecule has 2 aromatic rings. The molecule has 2 aromatic heterocycles. The first-order valence-electron chi connectivity index (χ1n) is 8.46. The van der Waals surface area contributed by atoms with Crippen molar-refractivity contribution in [2.45, 2.75) is 38.8 Å². The van der Waals surface area contributed by atoms with E-state index in [1.165, 1.54) is 17.2 Å². The lowest BCUT2D eigenvalue weighted by Gasteiger charge is -2.23. The van der Waals surface area contributed by atoms with Crippen LogP contribution in [0.2, 0.25) is 0 Å². The molecule has 0 aliphatic carbocycles. The zero-order chi connectivity index (χ0) is 17.8. The van der Waals surface area contributed by atoms with E-state index < -0.39 is 6.04 Å². The maximum Gasteiger partial charge on any atom is 0.290 e. The molecule has 3 heterocycles. The van der Waals surface area contributed by atoms with Crippen LogP contribution in [0.25, 0.3) is 0 Å². The highest BCUT2D eigenvalue weighted by atomic mass is 16.3. The molecule has 25 heavy (non-hydrogen) atoms. The highest BCUT2D eigenvalue weighted by Crippen LogP contribution is 2.21. The maximum atomic E-state index is 12.6. The second-order valence-electron chi connectivity index (χ2n) is 6.07. The maximum absolute atomic E-state index is 12.6. The number of pyridine rings is 1. The zero-order valence-electron chi connectivity index (χ0n) is 14.1. The van der Waals surface area contributed by atoms with Gasteiger partial charge in [-0.05, 0) is 37.5 Å². The van der Waals surface area contributed by atoms with Gasteiger partial charge in [0.05, 0.1) is 12.0 Å². The summed E-state index contributed by atoms with van der Waals surface area (Å²) in [6, 6.07) is 5.72. The normalized spacial score (nSPS) is 16.8. The topological polar surface area (TPSA) is 84.6 Å². The Bertz CT molecular complexity index is 810. The molecule has 0 bridgehead atoms. The summed E-state index contributed by atoms with van der Waals surface area (Å²) < 4.78 is 6.71. The van der Waals surface area contributed by atoms with Crippen molar-refractivity contribution in [2.75, 3.05) is 11.9 Å². The molecule has 7 nitrogen and oxygen atoms in total. The Balaban J connectivity index is 1.73. The van der Waals surface area contributed by atoms with Crippen molar-refractivity contribution < 1.29 is 14.0 Å². The Kier molecular flexibility index (Phi) is 5.02. The van der Waals surface area contributed by atoms with Crippen LogP contribution in [0.1, 0.15) is 36.7 Å². The molecule has 1 N–H and O–H groups in total. The predicted molar refractivity (Wildman–Crippen MR) is 92.4 cm³/mol. The Hall–Kier alpha value is -2.83. The lowest BCUT2D eigenvalue weighted by Crippen LogP contribution is -2.43. The summed E-state index contributed by atoms with van der Waals surface area (Å²) in [6.45, 7) is 3.09. The molecule has 1 fully saturated rings. The number of hydrogen-bond donors (Lipinski definition) is 1. The van der Waals surface area contributed by atoms with Gasteiger partial charge in [0, 0.05) is 25.4 Å². The summed E-state index contributed by atoms with van der Waals surface area (Å²) in [4.78, 5) is 38.4. The van der Waals surface area contributed by atoms with E-state index in [0.717, 1.165) is 12.8 Å². The van der Waals surface area contributed by atoms with Gasteiger partial charge in [0.15, 0.2) is 5.76 Å². The lowest BCUT2D eigenvalue weighted by molar-refractivity contribution is -0.119. The number of aryl methyl sites for hydroxylation is 1. The van der Waals surface area contributed by atoms with Crippen LogP contribution in [-0.4, -0.2) is 33.9 Å². The highest BCUT2D eigenvalue weighted by Gasteiger charge is 2.35. The molecule has 1 saturated heterocycles. The van der Waals surface area contributed by atoms with Crippen molar-refractivity contribution in [1.29, 1.82) is 0 Å². The van der Waals surface area contributed by atoms with Gasteiger partial charge >= 0.3 is 0 Å². The fourth-order valence-electron chi connectivity index (χ4n) is 3.07. The van der Waals surface area contributed by atoms with Crippen molar-refractivity contribution in [3.63, 3.8) is 0 Å². The third-order valence-electron chi connectivity index (χ3n) is 4.26. The molecule has 0 spiro atoms. The van der Waals surface area contributed by atoms with Gasteiger partial charge in [-0.1, -0.05) is 6.92 Å². The first kappa shape index (κ1) is 17.0. The molecule has 0 unspecified atom stereocenters. The third kappa shape index (κ3) is 3.65. The summed E-state index contributed by atoms with van der Waals surface area (Å²) in [5.41, 5.74) is 0.450. The van der Waals surface area contributed by atoms with Gasteiger partial charge < -0.3 is 19.2 Å². The number of amides is 2. The number of furan rings is 1. The van der Waals surface area contributed by atoms with Crippen LogP contribution in [0, 0.1) is 0 Å². The van der Waals surface area contributed by atoms with Crippen LogP contribution in [-0.2, 0) is 11.3 Å². The number of rotatable bonds is 5. The summed E-state index contributed by atoms with van der Waals surface area (Å²) in [5.74, 6) is -0.297. The molecule has 0 aromatic carbocycles. The quantitative estimate of drug-likeness (QED) is 0.901. The van der Waals surface area contributed by atoms with Crippen LogP contribution >= 0.6 is 0 Å². The minimum absolute atomic E-state index is 0.102. The number of likely N-dealkylation sites (tertiary alicyclic amines) is 1. The second kappa shape index (κ2) is 7.38. The summed E-state index contributed by atoms with van der Waals surface area (Å²) in [6.07, 6.45) is 5.27. The predicted octanol–water partition coefficient (Wildman–Crippen LogP) is 2.09. The van der Waals surface area contributed by atoms with Crippen LogP contribution < -0.4 is 10.9 Å². The zero-order valence-corrected chi connectivity index (χ0v) is 14.1. The summed E-state index contributed by atoms with van der Waals surface area (Å²) in [5, 5.41) is 2.82. The number of nitrogens with one attached hydrogen (secondary N) is 1. The van der Waals surface area contributed by atoms with Gasteiger partial charge in [0.2, 0.25) is 5.91 Å². The molecule has 7 heteroatoms. The summed E-state index contributed by atoms with van der Waals surface area (Å²) in [7, 11) is 0. The minimum atomic E-state index is -0.538. The van der Waals surface area contributed by atoms with Gasteiger partial charge in [-0.15, -0.1) is 0 Å². The second-order valence-corrected chi connectivity index (χ2v) is 6.07. The van der Waals surface area contributed by atoms with E-state index in [2.05, 4.69) is 5.32 Å². The Labute approximate surface area is 145 Å². The van der Waals surface area contributed by atoms with Gasteiger partial charge in [-0.25, -0.2) is 0 Å². The number of aromatic nitrogens is 1. The number of carbonyl (C=O) groups is 2. The highest BCUT2D eigenvalue weighted by molar-refractivity contribution is 6.00. The fourth-order valence-corrected chi connectivity index (χ4v) is 3.07. The molecule has 0 radical (unpaired) electrons. The largest absolute Gasteiger partial charge is 0.459 e. The molecule has 1 aliphatic rings. The van der Waals surface area contributed by atoms with Gasteiger partial charge in [0.25, 0.3) is 11.5 Å². The standard InChI is InChI=1S/C18H21N3O4/c1-2-9-20-12-13(7-8-16(20)22)19-17(23)14-5-3-10-21(14)18(24)15-6-4-11-25-15/h4,6-8,11-12,14H,2-3,5,9-10H2,1H3,(H,19,23)/t14-/m0/s1. The van der Waals surface area contributed by atoms with Crippen molar-refractivity contribution in [3.8, 4) is 0 Å². The first-order chi connectivity index (χ1) is 12.1. The number of carbonyl (C=O) groups excluding carboxylic acids is 2. The molecular weight excluding hydrogens is 322 g/mol. The fraction of sp³-hybridized carbons (Fsp3) is 0.389. The van der Waals surface area contributed by atoms with Crippen LogP contribution in [0.15, 0.2) is 45.9 Å². The van der Waals surface area contributed by atoms with Crippen LogP contribution in [0.5, 0.6) is 0 Å². The number of nitrogens with zero attached hydrogens (tertiary/aromatic N) is 2. The van der Waals surface area contributed by atoms with E-state index >= 15 is 0 Å². The molecule has 2 amide bonds.